The van der Waals surface area contributed by atoms with Gasteiger partial charge in [-0.2, -0.15) is 0 Å². The molecule has 0 spiro atoms. The number of hydrogen-bond donors (Lipinski definition) is 3. The number of allylic oxidation sites excluding steroid dienone is 5. The predicted molar refractivity (Wildman–Crippen MR) is 122 cm³/mol. The van der Waals surface area contributed by atoms with Gasteiger partial charge in [-0.15, -0.1) is 0 Å². The molecule has 32 heavy (non-hydrogen) atoms. The molecule has 1 aromatic carbocycles. The van der Waals surface area contributed by atoms with E-state index in [1.807, 2.05) is 6.92 Å². The van der Waals surface area contributed by atoms with Crippen LogP contribution < -0.4 is 0 Å². The number of aromatic hydroxyl groups is 1. The monoisotopic (exact) mass is 426 g/mol. The Hall–Kier alpha value is -3.90. The third kappa shape index (κ3) is 5.04. The molecule has 0 heterocycles. The fourth-order valence-electron chi connectivity index (χ4n) is 3.10. The number of benzene rings is 1. The Kier molecular flexibility index (Phi) is 6.18. The first kappa shape index (κ1) is 22.8. The summed E-state index contributed by atoms with van der Waals surface area (Å²) in [6, 6.07) is 4.82. The average Bonchev–Trinajstić information content (AvgIpc) is 2.72. The maximum atomic E-state index is 11.5. The van der Waals surface area contributed by atoms with Gasteiger partial charge in [-0.25, -0.2) is 0 Å². The number of ketones is 2. The van der Waals surface area contributed by atoms with Gasteiger partial charge >= 0.3 is 0 Å². The summed E-state index contributed by atoms with van der Waals surface area (Å²) in [6.45, 7) is 5.03. The highest BCUT2D eigenvalue weighted by Gasteiger charge is 2.28. The molecule has 2 unspecified atom stereocenters. The van der Waals surface area contributed by atoms with E-state index in [0.29, 0.717) is 11.1 Å². The fraction of sp³-hybridized carbons (Fsp3) is 0.185. The molecule has 0 saturated carbocycles. The summed E-state index contributed by atoms with van der Waals surface area (Å²) in [7, 11) is 0. The normalized spacial score (nSPS) is 23.9. The first-order valence-corrected chi connectivity index (χ1v) is 9.87. The van der Waals surface area contributed by atoms with Crippen LogP contribution in [0.15, 0.2) is 71.4 Å². The van der Waals surface area contributed by atoms with Crippen molar-refractivity contribution in [2.45, 2.75) is 32.0 Å². The molecule has 1 aromatic rings. The summed E-state index contributed by atoms with van der Waals surface area (Å²) >= 11 is 0. The zero-order chi connectivity index (χ0) is 23.5. The second-order valence-corrected chi connectivity index (χ2v) is 7.76. The van der Waals surface area contributed by atoms with Crippen LogP contribution in [0, 0.1) is 30.6 Å². The molecule has 0 bridgehead atoms. The lowest BCUT2D eigenvalue weighted by molar-refractivity contribution is -0.111. The molecule has 0 aromatic heterocycles. The van der Waals surface area contributed by atoms with Crippen molar-refractivity contribution in [2.75, 3.05) is 0 Å². The third-order valence-corrected chi connectivity index (χ3v) is 5.23. The molecule has 5 nitrogen and oxygen atoms in total. The van der Waals surface area contributed by atoms with E-state index in [-0.39, 0.29) is 22.9 Å². The molecule has 160 valence electrons. The number of carbonyl (C=O) groups excluding carboxylic acids is 2. The van der Waals surface area contributed by atoms with E-state index in [9.17, 15) is 24.9 Å². The molecule has 0 fully saturated rings. The molecule has 2 aliphatic carbocycles. The lowest BCUT2D eigenvalue weighted by Gasteiger charge is -2.21. The third-order valence-electron chi connectivity index (χ3n) is 5.23. The molecular weight excluding hydrogens is 404 g/mol. The van der Waals surface area contributed by atoms with E-state index in [1.54, 1.807) is 32.1 Å². The zero-order valence-electron chi connectivity index (χ0n) is 17.9. The van der Waals surface area contributed by atoms with E-state index in [4.69, 9.17) is 0 Å². The Labute approximate surface area is 186 Å². The molecule has 0 saturated heterocycles. The first-order valence-electron chi connectivity index (χ1n) is 9.87. The minimum absolute atomic E-state index is 0.123. The number of phenolic OH excluding ortho intramolecular Hbond substituents is 1. The summed E-state index contributed by atoms with van der Waals surface area (Å²) in [5, 5.41) is 31.3. The maximum absolute atomic E-state index is 11.5. The van der Waals surface area contributed by atoms with Crippen LogP contribution in [-0.4, -0.2) is 38.1 Å². The Morgan fingerprint density at radius 3 is 1.81 bits per heavy atom. The van der Waals surface area contributed by atoms with Crippen molar-refractivity contribution in [3.8, 4) is 29.4 Å². The Balaban J connectivity index is 2.08. The summed E-state index contributed by atoms with van der Waals surface area (Å²) in [4.78, 5) is 23.1. The Morgan fingerprint density at radius 1 is 0.875 bits per heavy atom. The summed E-state index contributed by atoms with van der Waals surface area (Å²) < 4.78 is 0. The van der Waals surface area contributed by atoms with Crippen LogP contribution in [0.1, 0.15) is 25.0 Å². The van der Waals surface area contributed by atoms with Gasteiger partial charge in [0.2, 0.25) is 0 Å². The molecule has 2 aliphatic rings. The molecule has 3 N–H and O–H groups in total. The highest BCUT2D eigenvalue weighted by atomic mass is 16.3. The minimum atomic E-state index is -1.62. The van der Waals surface area contributed by atoms with E-state index < -0.39 is 11.2 Å². The van der Waals surface area contributed by atoms with Crippen molar-refractivity contribution < 1.29 is 24.9 Å². The molecule has 0 aliphatic heterocycles. The van der Waals surface area contributed by atoms with Crippen LogP contribution in [0.2, 0.25) is 0 Å². The van der Waals surface area contributed by atoms with E-state index in [0.717, 1.165) is 11.1 Å². The smallest absolute Gasteiger partial charge is 0.178 e. The summed E-state index contributed by atoms with van der Waals surface area (Å²) in [6.07, 6.45) is 9.45. The standard InChI is InChI=1S/C27H22O5/c1-18-14-23(28)5-4-22(18)17-21(6-10-26(31)12-8-24(29)15-19(26)2)7-11-27(32)13-9-25(30)16-20(27)3/h4-5,8-9,12-17,28,31-32H,1-3H3. The van der Waals surface area contributed by atoms with Gasteiger partial charge in [-0.3, -0.25) is 9.59 Å². The zero-order valence-corrected chi connectivity index (χ0v) is 17.9. The van der Waals surface area contributed by atoms with Crippen LogP contribution in [0.4, 0.5) is 0 Å². The molecule has 3 rings (SSSR count). The second kappa shape index (κ2) is 8.69. The number of hydrogen-bond acceptors (Lipinski definition) is 5. The van der Waals surface area contributed by atoms with Crippen LogP contribution in [0.3, 0.4) is 0 Å². The van der Waals surface area contributed by atoms with E-state index in [1.165, 1.54) is 42.5 Å². The van der Waals surface area contributed by atoms with Crippen LogP contribution in [0.25, 0.3) is 6.08 Å². The van der Waals surface area contributed by atoms with Crippen molar-refractivity contribution in [3.63, 3.8) is 0 Å². The molecule has 0 amide bonds. The minimum Gasteiger partial charge on any atom is -0.508 e. The second-order valence-electron chi connectivity index (χ2n) is 7.76. The van der Waals surface area contributed by atoms with Gasteiger partial charge in [0.15, 0.2) is 22.8 Å². The largest absolute Gasteiger partial charge is 0.508 e. The van der Waals surface area contributed by atoms with Crippen molar-refractivity contribution in [2.24, 2.45) is 0 Å². The highest BCUT2D eigenvalue weighted by Crippen LogP contribution is 2.24. The van der Waals surface area contributed by atoms with Crippen LogP contribution in [0.5, 0.6) is 5.75 Å². The lowest BCUT2D eigenvalue weighted by Crippen LogP contribution is -2.28. The predicted octanol–water partition coefficient (Wildman–Crippen LogP) is 2.72. The van der Waals surface area contributed by atoms with Gasteiger partial charge in [0.25, 0.3) is 0 Å². The number of rotatable bonds is 1. The van der Waals surface area contributed by atoms with Crippen molar-refractivity contribution in [1.29, 1.82) is 0 Å². The van der Waals surface area contributed by atoms with Gasteiger partial charge in [0.05, 0.1) is 5.57 Å². The molecule has 5 heteroatoms. The number of aryl methyl sites for hydroxylation is 1. The summed E-state index contributed by atoms with van der Waals surface area (Å²) in [5.41, 5.74) is -0.665. The lowest BCUT2D eigenvalue weighted by atomic mass is 9.88. The quantitative estimate of drug-likeness (QED) is 0.601. The van der Waals surface area contributed by atoms with Gasteiger partial charge < -0.3 is 15.3 Å². The highest BCUT2D eigenvalue weighted by molar-refractivity contribution is 6.02. The van der Waals surface area contributed by atoms with Crippen LogP contribution >= 0.6 is 0 Å². The van der Waals surface area contributed by atoms with Gasteiger partial charge in [0.1, 0.15) is 5.75 Å². The SMILES string of the molecule is CC1=CC(=O)C=CC1(O)C#CC(C#CC1(O)C=CC(=O)C=C1C)=Cc1ccc(O)cc1C. The fourth-order valence-corrected chi connectivity index (χ4v) is 3.10. The first-order chi connectivity index (χ1) is 15.0. The van der Waals surface area contributed by atoms with Crippen molar-refractivity contribution >= 4 is 17.6 Å². The van der Waals surface area contributed by atoms with E-state index in [2.05, 4.69) is 23.7 Å². The molecule has 2 atom stereocenters. The van der Waals surface area contributed by atoms with Crippen molar-refractivity contribution in [1.82, 2.24) is 0 Å². The topological polar surface area (TPSA) is 94.8 Å². The van der Waals surface area contributed by atoms with E-state index >= 15 is 0 Å². The molecular formula is C27H22O5. The number of aliphatic hydroxyl groups is 2. The van der Waals surface area contributed by atoms with Gasteiger partial charge in [-0.1, -0.05) is 29.7 Å². The van der Waals surface area contributed by atoms with Crippen LogP contribution in [-0.2, 0) is 9.59 Å². The van der Waals surface area contributed by atoms with Gasteiger partial charge in [-0.05, 0) is 97.7 Å². The van der Waals surface area contributed by atoms with Crippen molar-refractivity contribution in [3.05, 3.63) is 82.5 Å². The average molecular weight is 426 g/mol. The number of phenols is 1. The Morgan fingerprint density at radius 2 is 1.38 bits per heavy atom. The Bertz CT molecular complexity index is 1210. The molecule has 0 radical (unpaired) electrons. The number of carbonyl (C=O) groups is 2. The van der Waals surface area contributed by atoms with Gasteiger partial charge in [0, 0.05) is 0 Å². The summed E-state index contributed by atoms with van der Waals surface area (Å²) in [5.74, 6) is 10.9. The maximum Gasteiger partial charge on any atom is 0.178 e.